The minimum atomic E-state index is -2.06. The van der Waals surface area contributed by atoms with Gasteiger partial charge in [0.15, 0.2) is 0 Å². The number of hydrogen-bond acceptors (Lipinski definition) is 2. The number of benzene rings is 1. The predicted octanol–water partition coefficient (Wildman–Crippen LogP) is 3.61. The molecule has 1 unspecified atom stereocenters. The maximum atomic E-state index is 11.8. The Morgan fingerprint density at radius 2 is 2.13 bits per heavy atom. The van der Waals surface area contributed by atoms with E-state index < -0.39 is 8.03 Å². The normalized spacial score (nSPS) is 23.1. The van der Waals surface area contributed by atoms with E-state index >= 15 is 0 Å². The largest absolute Gasteiger partial charge is 0.441 e. The molecular formula is C12H11O2P. The zero-order valence-corrected chi connectivity index (χ0v) is 9.19. The molecule has 0 bridgehead atoms. The molecule has 0 N–H and O–H groups in total. The smallest absolute Gasteiger partial charge is 0.266 e. The van der Waals surface area contributed by atoms with E-state index in [4.69, 9.17) is 4.52 Å². The average Bonchev–Trinajstić information content (AvgIpc) is 2.30. The van der Waals surface area contributed by atoms with Gasteiger partial charge in [-0.05, 0) is 24.5 Å². The van der Waals surface area contributed by atoms with Crippen LogP contribution in [0.25, 0.3) is 5.57 Å². The molecule has 3 rings (SSSR count). The van der Waals surface area contributed by atoms with Crippen LogP contribution in [0.3, 0.4) is 0 Å². The van der Waals surface area contributed by atoms with Gasteiger partial charge in [0.25, 0.3) is 8.03 Å². The summed E-state index contributed by atoms with van der Waals surface area (Å²) in [6, 6.07) is 7.84. The lowest BCUT2D eigenvalue weighted by atomic mass is 9.96. The van der Waals surface area contributed by atoms with Crippen molar-refractivity contribution in [2.75, 3.05) is 0 Å². The maximum Gasteiger partial charge on any atom is 0.266 e. The summed E-state index contributed by atoms with van der Waals surface area (Å²) in [4.78, 5) is 0. The summed E-state index contributed by atoms with van der Waals surface area (Å²) in [5.41, 5.74) is 2.32. The zero-order valence-electron chi connectivity index (χ0n) is 8.19. The second-order valence-corrected chi connectivity index (χ2v) is 5.04. The number of allylic oxidation sites excluding steroid dienone is 4. The second-order valence-electron chi connectivity index (χ2n) is 3.72. The summed E-state index contributed by atoms with van der Waals surface area (Å²) in [7, 11) is -2.06. The molecule has 0 aromatic heterocycles. The van der Waals surface area contributed by atoms with Crippen molar-refractivity contribution in [1.82, 2.24) is 0 Å². The molecule has 0 fully saturated rings. The number of rotatable bonds is 0. The van der Waals surface area contributed by atoms with E-state index in [1.54, 1.807) is 0 Å². The molecule has 1 aromatic carbocycles. The Kier molecular flexibility index (Phi) is 2.03. The van der Waals surface area contributed by atoms with Crippen LogP contribution in [0.1, 0.15) is 18.4 Å². The highest BCUT2D eigenvalue weighted by Gasteiger charge is 2.24. The molecule has 0 saturated carbocycles. The van der Waals surface area contributed by atoms with Crippen LogP contribution in [0.5, 0.6) is 5.75 Å². The van der Waals surface area contributed by atoms with Crippen molar-refractivity contribution in [3.8, 4) is 5.75 Å². The van der Waals surface area contributed by atoms with Crippen LogP contribution in [-0.2, 0) is 4.57 Å². The Morgan fingerprint density at radius 1 is 1.27 bits per heavy atom. The van der Waals surface area contributed by atoms with Gasteiger partial charge in [0, 0.05) is 10.9 Å². The molecule has 1 atom stereocenters. The molecule has 0 spiro atoms. The third-order valence-corrected chi connectivity index (χ3v) is 4.12. The third kappa shape index (κ3) is 1.37. The number of hydrogen-bond donors (Lipinski definition) is 0. The molecule has 1 aliphatic carbocycles. The van der Waals surface area contributed by atoms with Gasteiger partial charge in [-0.25, -0.2) is 0 Å². The van der Waals surface area contributed by atoms with Gasteiger partial charge in [-0.3, -0.25) is 4.57 Å². The van der Waals surface area contributed by atoms with E-state index in [0.29, 0.717) is 0 Å². The SMILES string of the molecule is O=[PH]1Oc2ccccc2C2=C1C=CCC2. The summed E-state index contributed by atoms with van der Waals surface area (Å²) < 4.78 is 17.3. The molecule has 0 amide bonds. The van der Waals surface area contributed by atoms with E-state index in [0.717, 1.165) is 29.5 Å². The second kappa shape index (κ2) is 3.39. The minimum absolute atomic E-state index is 0.774. The Morgan fingerprint density at radius 3 is 3.07 bits per heavy atom. The lowest BCUT2D eigenvalue weighted by molar-refractivity contribution is 0.508. The molecule has 1 heterocycles. The van der Waals surface area contributed by atoms with E-state index in [2.05, 4.69) is 6.08 Å². The highest BCUT2D eigenvalue weighted by Crippen LogP contribution is 2.50. The summed E-state index contributed by atoms with van der Waals surface area (Å²) >= 11 is 0. The molecule has 2 nitrogen and oxygen atoms in total. The molecular weight excluding hydrogens is 207 g/mol. The molecule has 2 aliphatic rings. The maximum absolute atomic E-state index is 11.8. The van der Waals surface area contributed by atoms with Crippen LogP contribution in [0.15, 0.2) is 41.7 Å². The van der Waals surface area contributed by atoms with Gasteiger partial charge in [-0.15, -0.1) is 0 Å². The Balaban J connectivity index is 2.25. The molecule has 1 aromatic rings. The van der Waals surface area contributed by atoms with Crippen molar-refractivity contribution >= 4 is 13.6 Å². The van der Waals surface area contributed by atoms with Crippen LogP contribution in [0, 0.1) is 0 Å². The van der Waals surface area contributed by atoms with E-state index in [1.807, 2.05) is 30.3 Å². The van der Waals surface area contributed by atoms with Crippen LogP contribution >= 0.6 is 8.03 Å². The van der Waals surface area contributed by atoms with Crippen molar-refractivity contribution in [3.05, 3.63) is 47.3 Å². The van der Waals surface area contributed by atoms with Crippen LogP contribution in [-0.4, -0.2) is 0 Å². The summed E-state index contributed by atoms with van der Waals surface area (Å²) in [6.45, 7) is 0. The van der Waals surface area contributed by atoms with Crippen molar-refractivity contribution in [1.29, 1.82) is 0 Å². The summed E-state index contributed by atoms with van der Waals surface area (Å²) in [6.07, 6.45) is 6.03. The first-order valence-corrected chi connectivity index (χ1v) is 6.39. The number of fused-ring (bicyclic) bond motifs is 2. The molecule has 76 valence electrons. The van der Waals surface area contributed by atoms with Gasteiger partial charge in [-0.1, -0.05) is 30.4 Å². The summed E-state index contributed by atoms with van der Waals surface area (Å²) in [5, 5.41) is 0.907. The molecule has 1 aliphatic heterocycles. The highest BCUT2D eigenvalue weighted by atomic mass is 31.1. The fourth-order valence-electron chi connectivity index (χ4n) is 2.09. The molecule has 0 saturated heterocycles. The van der Waals surface area contributed by atoms with Gasteiger partial charge in [-0.2, -0.15) is 0 Å². The predicted molar refractivity (Wildman–Crippen MR) is 61.4 cm³/mol. The summed E-state index contributed by atoms with van der Waals surface area (Å²) in [5.74, 6) is 0.774. The first-order chi connectivity index (χ1) is 7.36. The van der Waals surface area contributed by atoms with Crippen molar-refractivity contribution in [2.24, 2.45) is 0 Å². The van der Waals surface area contributed by atoms with E-state index in [1.165, 1.54) is 5.57 Å². The van der Waals surface area contributed by atoms with Crippen molar-refractivity contribution < 1.29 is 9.09 Å². The highest BCUT2D eigenvalue weighted by molar-refractivity contribution is 7.45. The Hall–Kier alpha value is -1.27. The zero-order chi connectivity index (χ0) is 10.3. The third-order valence-electron chi connectivity index (χ3n) is 2.81. The van der Waals surface area contributed by atoms with Gasteiger partial charge >= 0.3 is 0 Å². The van der Waals surface area contributed by atoms with Crippen LogP contribution < -0.4 is 4.52 Å². The fourth-order valence-corrected chi connectivity index (χ4v) is 3.34. The topological polar surface area (TPSA) is 26.3 Å². The first kappa shape index (κ1) is 8.99. The minimum Gasteiger partial charge on any atom is -0.441 e. The van der Waals surface area contributed by atoms with Gasteiger partial charge < -0.3 is 4.52 Å². The standard InChI is InChI=1S/C12H11O2P/c13-15-12-8-4-2-6-10(12)9-5-1-3-7-11(9)14-15/h1,3-5,7-8,15H,2,6H2. The van der Waals surface area contributed by atoms with E-state index in [9.17, 15) is 4.57 Å². The van der Waals surface area contributed by atoms with Gasteiger partial charge in [0.05, 0.1) is 0 Å². The average molecular weight is 218 g/mol. The molecule has 3 heteroatoms. The van der Waals surface area contributed by atoms with Crippen molar-refractivity contribution in [3.63, 3.8) is 0 Å². The van der Waals surface area contributed by atoms with E-state index in [-0.39, 0.29) is 0 Å². The Labute approximate surface area is 89.1 Å². The van der Waals surface area contributed by atoms with Crippen LogP contribution in [0.4, 0.5) is 0 Å². The lowest BCUT2D eigenvalue weighted by Crippen LogP contribution is -2.01. The van der Waals surface area contributed by atoms with Crippen LogP contribution in [0.2, 0.25) is 0 Å². The first-order valence-electron chi connectivity index (χ1n) is 5.07. The fraction of sp³-hybridized carbons (Fsp3) is 0.167. The van der Waals surface area contributed by atoms with Gasteiger partial charge in [0.2, 0.25) is 0 Å². The van der Waals surface area contributed by atoms with Crippen molar-refractivity contribution in [2.45, 2.75) is 12.8 Å². The molecule has 0 radical (unpaired) electrons. The number of para-hydroxylation sites is 1. The Bertz CT molecular complexity index is 500. The van der Waals surface area contributed by atoms with Gasteiger partial charge in [0.1, 0.15) is 5.75 Å². The monoisotopic (exact) mass is 218 g/mol. The molecule has 15 heavy (non-hydrogen) atoms. The lowest BCUT2D eigenvalue weighted by Gasteiger charge is -2.23. The quantitative estimate of drug-likeness (QED) is 0.622.